The fraction of sp³-hybridized carbons (Fsp3) is 0.500. The minimum absolute atomic E-state index is 0.0298. The number of amides is 1. The first kappa shape index (κ1) is 11.8. The van der Waals surface area contributed by atoms with Crippen LogP contribution in [0.2, 0.25) is 0 Å². The fourth-order valence-electron chi connectivity index (χ4n) is 1.98. The smallest absolute Gasteiger partial charge is 0.410 e. The Hall–Kier alpha value is -1.65. The standard InChI is InChI=1S/C12H15FN2O2/c1-7(2)15-11(6-17-12(15)16)10-5-4-9(13)8(3)14-10/h4-5,7,11H,6H2,1-3H3. The van der Waals surface area contributed by atoms with E-state index in [0.29, 0.717) is 11.4 Å². The molecule has 1 amide bonds. The summed E-state index contributed by atoms with van der Waals surface area (Å²) >= 11 is 0. The van der Waals surface area contributed by atoms with Crippen molar-refractivity contribution >= 4 is 6.09 Å². The van der Waals surface area contributed by atoms with Gasteiger partial charge in [0.1, 0.15) is 18.5 Å². The summed E-state index contributed by atoms with van der Waals surface area (Å²) in [4.78, 5) is 17.4. The molecular weight excluding hydrogens is 223 g/mol. The Bertz CT molecular complexity index is 448. The Labute approximate surface area is 99.4 Å². The molecule has 0 aliphatic carbocycles. The summed E-state index contributed by atoms with van der Waals surface area (Å²) in [5, 5.41) is 0. The summed E-state index contributed by atoms with van der Waals surface area (Å²) in [5.74, 6) is -0.338. The van der Waals surface area contributed by atoms with Crippen LogP contribution in [-0.4, -0.2) is 28.6 Å². The third kappa shape index (κ3) is 2.09. The van der Waals surface area contributed by atoms with Gasteiger partial charge in [0.25, 0.3) is 0 Å². The molecule has 17 heavy (non-hydrogen) atoms. The molecule has 0 bridgehead atoms. The zero-order valence-electron chi connectivity index (χ0n) is 10.1. The quantitative estimate of drug-likeness (QED) is 0.794. The Kier molecular flexibility index (Phi) is 3.00. The number of nitrogens with zero attached hydrogens (tertiary/aromatic N) is 2. The molecule has 1 aromatic rings. The molecule has 1 atom stereocenters. The summed E-state index contributed by atoms with van der Waals surface area (Å²) in [7, 11) is 0. The second-order valence-electron chi connectivity index (χ2n) is 4.40. The zero-order valence-corrected chi connectivity index (χ0v) is 10.1. The number of carbonyl (C=O) groups excluding carboxylic acids is 1. The maximum absolute atomic E-state index is 13.1. The van der Waals surface area contributed by atoms with E-state index in [1.807, 2.05) is 13.8 Å². The highest BCUT2D eigenvalue weighted by molar-refractivity contribution is 5.70. The lowest BCUT2D eigenvalue weighted by molar-refractivity contribution is 0.149. The molecule has 2 rings (SSSR count). The molecule has 1 unspecified atom stereocenters. The van der Waals surface area contributed by atoms with Gasteiger partial charge in [0.05, 0.1) is 11.4 Å². The number of aromatic nitrogens is 1. The molecule has 0 aromatic carbocycles. The van der Waals surface area contributed by atoms with Crippen molar-refractivity contribution in [3.63, 3.8) is 0 Å². The van der Waals surface area contributed by atoms with Gasteiger partial charge in [-0.3, -0.25) is 9.88 Å². The molecule has 1 aliphatic heterocycles. The van der Waals surface area contributed by atoms with Crippen molar-refractivity contribution < 1.29 is 13.9 Å². The van der Waals surface area contributed by atoms with Gasteiger partial charge in [0, 0.05) is 6.04 Å². The molecule has 1 aliphatic rings. The maximum Gasteiger partial charge on any atom is 0.410 e. The average Bonchev–Trinajstić information content (AvgIpc) is 2.64. The van der Waals surface area contributed by atoms with Crippen LogP contribution in [0, 0.1) is 12.7 Å². The fourth-order valence-corrected chi connectivity index (χ4v) is 1.98. The van der Waals surface area contributed by atoms with E-state index in [4.69, 9.17) is 4.74 Å². The Morgan fingerprint density at radius 1 is 1.53 bits per heavy atom. The average molecular weight is 238 g/mol. The first-order valence-corrected chi connectivity index (χ1v) is 5.59. The molecule has 0 saturated carbocycles. The SMILES string of the molecule is Cc1nc(C2COC(=O)N2C(C)C)ccc1F. The topological polar surface area (TPSA) is 42.4 Å². The number of hydrogen-bond donors (Lipinski definition) is 0. The molecule has 2 heterocycles. The third-order valence-corrected chi connectivity index (χ3v) is 2.85. The number of halogens is 1. The van der Waals surface area contributed by atoms with Crippen LogP contribution in [0.4, 0.5) is 9.18 Å². The molecule has 4 nitrogen and oxygen atoms in total. The first-order valence-electron chi connectivity index (χ1n) is 5.59. The van der Waals surface area contributed by atoms with E-state index in [1.165, 1.54) is 6.07 Å². The Morgan fingerprint density at radius 2 is 2.24 bits per heavy atom. The molecule has 0 spiro atoms. The second-order valence-corrected chi connectivity index (χ2v) is 4.40. The van der Waals surface area contributed by atoms with Crippen LogP contribution in [0.25, 0.3) is 0 Å². The van der Waals surface area contributed by atoms with Crippen molar-refractivity contribution in [3.8, 4) is 0 Å². The van der Waals surface area contributed by atoms with Gasteiger partial charge < -0.3 is 4.74 Å². The zero-order chi connectivity index (χ0) is 12.6. The molecule has 92 valence electrons. The largest absolute Gasteiger partial charge is 0.447 e. The van der Waals surface area contributed by atoms with Crippen LogP contribution in [0.5, 0.6) is 0 Å². The summed E-state index contributed by atoms with van der Waals surface area (Å²) in [6, 6.07) is 2.78. The predicted molar refractivity (Wildman–Crippen MR) is 60.0 cm³/mol. The van der Waals surface area contributed by atoms with E-state index in [0.717, 1.165) is 0 Å². The summed E-state index contributed by atoms with van der Waals surface area (Å²) in [6.07, 6.45) is -0.339. The second kappa shape index (κ2) is 4.31. The molecule has 1 aromatic heterocycles. The molecule has 1 saturated heterocycles. The van der Waals surface area contributed by atoms with Gasteiger partial charge in [0.2, 0.25) is 0 Å². The number of rotatable bonds is 2. The maximum atomic E-state index is 13.1. The monoisotopic (exact) mass is 238 g/mol. The Balaban J connectivity index is 2.33. The van der Waals surface area contributed by atoms with E-state index in [9.17, 15) is 9.18 Å². The van der Waals surface area contributed by atoms with Crippen molar-refractivity contribution in [2.45, 2.75) is 32.9 Å². The van der Waals surface area contributed by atoms with Crippen LogP contribution in [0.15, 0.2) is 12.1 Å². The van der Waals surface area contributed by atoms with E-state index in [1.54, 1.807) is 17.9 Å². The van der Waals surface area contributed by atoms with Gasteiger partial charge in [0.15, 0.2) is 0 Å². The van der Waals surface area contributed by atoms with Crippen molar-refractivity contribution in [3.05, 3.63) is 29.3 Å². The molecule has 0 radical (unpaired) electrons. The van der Waals surface area contributed by atoms with Gasteiger partial charge in [-0.15, -0.1) is 0 Å². The minimum atomic E-state index is -0.339. The number of hydrogen-bond acceptors (Lipinski definition) is 3. The normalized spacial score (nSPS) is 19.9. The van der Waals surface area contributed by atoms with Crippen LogP contribution < -0.4 is 0 Å². The van der Waals surface area contributed by atoms with Gasteiger partial charge in [-0.05, 0) is 32.9 Å². The van der Waals surface area contributed by atoms with E-state index in [2.05, 4.69) is 4.98 Å². The summed E-state index contributed by atoms with van der Waals surface area (Å²) in [5.41, 5.74) is 1.01. The highest BCUT2D eigenvalue weighted by Gasteiger charge is 2.36. The number of cyclic esters (lactones) is 1. The highest BCUT2D eigenvalue weighted by atomic mass is 19.1. The predicted octanol–water partition coefficient (Wildman–Crippen LogP) is 2.43. The number of pyridine rings is 1. The van der Waals surface area contributed by atoms with Crippen molar-refractivity contribution in [1.82, 2.24) is 9.88 Å². The van der Waals surface area contributed by atoms with Crippen LogP contribution in [-0.2, 0) is 4.74 Å². The van der Waals surface area contributed by atoms with Gasteiger partial charge in [-0.25, -0.2) is 9.18 Å². The number of aryl methyl sites for hydroxylation is 1. The summed E-state index contributed by atoms with van der Waals surface area (Å²) < 4.78 is 18.2. The summed E-state index contributed by atoms with van der Waals surface area (Å²) in [6.45, 7) is 5.71. The van der Waals surface area contributed by atoms with E-state index in [-0.39, 0.29) is 30.6 Å². The molecule has 5 heteroatoms. The number of carbonyl (C=O) groups is 1. The lowest BCUT2D eigenvalue weighted by Gasteiger charge is -2.24. The van der Waals surface area contributed by atoms with Crippen LogP contribution in [0.1, 0.15) is 31.3 Å². The van der Waals surface area contributed by atoms with Gasteiger partial charge >= 0.3 is 6.09 Å². The van der Waals surface area contributed by atoms with Gasteiger partial charge in [-0.2, -0.15) is 0 Å². The lowest BCUT2D eigenvalue weighted by atomic mass is 10.1. The van der Waals surface area contributed by atoms with Crippen molar-refractivity contribution in [1.29, 1.82) is 0 Å². The molecular formula is C12H15FN2O2. The minimum Gasteiger partial charge on any atom is -0.447 e. The molecule has 1 fully saturated rings. The highest BCUT2D eigenvalue weighted by Crippen LogP contribution is 2.28. The van der Waals surface area contributed by atoms with E-state index < -0.39 is 0 Å². The van der Waals surface area contributed by atoms with E-state index >= 15 is 0 Å². The van der Waals surface area contributed by atoms with Crippen LogP contribution in [0.3, 0.4) is 0 Å². The third-order valence-electron chi connectivity index (χ3n) is 2.85. The first-order chi connectivity index (χ1) is 8.00. The van der Waals surface area contributed by atoms with Crippen molar-refractivity contribution in [2.75, 3.05) is 6.61 Å². The van der Waals surface area contributed by atoms with Gasteiger partial charge in [-0.1, -0.05) is 0 Å². The lowest BCUT2D eigenvalue weighted by Crippen LogP contribution is -2.34. The van der Waals surface area contributed by atoms with Crippen molar-refractivity contribution in [2.24, 2.45) is 0 Å². The van der Waals surface area contributed by atoms with Crippen LogP contribution >= 0.6 is 0 Å². The number of ether oxygens (including phenoxy) is 1. The molecule has 0 N–H and O–H groups in total. The Morgan fingerprint density at radius 3 is 2.82 bits per heavy atom.